The van der Waals surface area contributed by atoms with Gasteiger partial charge in [-0.25, -0.2) is 12.2 Å². The van der Waals surface area contributed by atoms with Crippen molar-refractivity contribution >= 4 is 41.6 Å². The van der Waals surface area contributed by atoms with E-state index in [0.29, 0.717) is 0 Å². The molecule has 0 heterocycles. The van der Waals surface area contributed by atoms with Crippen molar-refractivity contribution in [2.24, 2.45) is 0 Å². The molecule has 15 heavy (non-hydrogen) atoms. The molecule has 1 aliphatic carbocycles. The van der Waals surface area contributed by atoms with Crippen LogP contribution in [-0.4, -0.2) is 7.63 Å². The molecule has 0 nitrogen and oxygen atoms in total. The minimum atomic E-state index is 0. The predicted molar refractivity (Wildman–Crippen MR) is 89.2 cm³/mol. The van der Waals surface area contributed by atoms with Gasteiger partial charge in [-0.05, 0) is 0 Å². The molecule has 0 saturated heterocycles. The van der Waals surface area contributed by atoms with Crippen molar-refractivity contribution in [1.29, 1.82) is 0 Å². The topological polar surface area (TPSA) is 0 Å². The van der Waals surface area contributed by atoms with E-state index < -0.39 is 0 Å². The van der Waals surface area contributed by atoms with Crippen molar-refractivity contribution in [3.8, 4) is 0 Å². The molecule has 1 aliphatic rings. The fraction of sp³-hybridized carbons (Fsp3) is 0.0909. The Balaban J connectivity index is -0.00000000495. The van der Waals surface area contributed by atoms with Crippen LogP contribution < -0.4 is 0 Å². The van der Waals surface area contributed by atoms with Crippen LogP contribution in [-0.2, 0) is 19.2 Å². The standard InChI is InChI=1S/C5H5.6CH3.2BrH.H2Si.Ti/c1-2-4-5-3-1;;;;;;;;;;/h1-3H,4H2;6*1H3;2*1H;1H2;/q7*-1;;;;. The molecule has 0 aromatic rings. The molecule has 0 radical (unpaired) electrons. The molecule has 0 bridgehead atoms. The molecule has 0 aliphatic heterocycles. The minimum absolute atomic E-state index is 0. The zero-order chi connectivity index (χ0) is 5.54. The number of rotatable bonds is 0. The Hall–Kier alpha value is 1.37. The summed E-state index contributed by atoms with van der Waals surface area (Å²) in [5, 5.41) is 0. The third-order valence-electron chi connectivity index (χ3n) is 0.586. The monoisotopic (exact) mass is 393 g/mol. The molecule has 0 fully saturated rings. The van der Waals surface area contributed by atoms with Gasteiger partial charge >= 0.3 is 26.8 Å². The molecule has 0 N–H and O–H groups in total. The van der Waals surface area contributed by atoms with Gasteiger partial charge in [-0.3, -0.25) is 6.08 Å². The average molecular weight is 395 g/mol. The van der Waals surface area contributed by atoms with Crippen LogP contribution in [0.5, 0.6) is 0 Å². The van der Waals surface area contributed by atoms with Crippen molar-refractivity contribution in [1.82, 2.24) is 0 Å². The van der Waals surface area contributed by atoms with E-state index in [4.69, 9.17) is 0 Å². The number of allylic oxidation sites excluding steroid dienone is 4. The van der Waals surface area contributed by atoms with Crippen LogP contribution in [0.4, 0.5) is 0 Å². The van der Waals surface area contributed by atoms with Crippen molar-refractivity contribution in [3.05, 3.63) is 68.9 Å². The first-order valence-electron chi connectivity index (χ1n) is 2.07. The molecule has 0 amide bonds. The summed E-state index contributed by atoms with van der Waals surface area (Å²) in [5.41, 5.74) is 0. The Kier molecular flexibility index (Phi) is 371. The summed E-state index contributed by atoms with van der Waals surface area (Å²) >= 11 is 2.03. The zero-order valence-electron chi connectivity index (χ0n) is 11.0. The van der Waals surface area contributed by atoms with Gasteiger partial charge in [0.15, 0.2) is 0 Å². The Morgan fingerprint density at radius 2 is 1.20 bits per heavy atom. The molecule has 0 unspecified atom stereocenters. The van der Waals surface area contributed by atoms with E-state index in [0.717, 1.165) is 6.42 Å². The van der Waals surface area contributed by atoms with Crippen molar-refractivity contribution in [2.45, 2.75) is 6.42 Å². The van der Waals surface area contributed by atoms with E-state index in [2.05, 4.69) is 12.2 Å². The van der Waals surface area contributed by atoms with Gasteiger partial charge in [0.05, 0.1) is 0 Å². The van der Waals surface area contributed by atoms with Crippen LogP contribution in [0.3, 0.4) is 0 Å². The molecule has 0 aromatic heterocycles. The first kappa shape index (κ1) is 71.2. The van der Waals surface area contributed by atoms with Gasteiger partial charge in [0, 0.05) is 0 Å². The van der Waals surface area contributed by atoms with Crippen molar-refractivity contribution in [2.75, 3.05) is 0 Å². The van der Waals surface area contributed by atoms with Gasteiger partial charge in [0.2, 0.25) is 0 Å². The Bertz CT molecular complexity index is 86.6. The van der Waals surface area contributed by atoms with E-state index in [-0.39, 0.29) is 78.5 Å². The second kappa shape index (κ2) is 78.2. The number of halogens is 2. The summed E-state index contributed by atoms with van der Waals surface area (Å²) in [6.07, 6.45) is 10.0. The van der Waals surface area contributed by atoms with Gasteiger partial charge in [-0.15, -0.1) is 40.4 Å². The van der Waals surface area contributed by atoms with Crippen LogP contribution in [0, 0.1) is 50.6 Å². The zero-order valence-corrected chi connectivity index (χ0v) is 17.4. The first-order valence-corrected chi connectivity index (χ1v) is 6.09. The van der Waals surface area contributed by atoms with Crippen LogP contribution in [0.1, 0.15) is 6.42 Å². The second-order valence-electron chi connectivity index (χ2n) is 1.00. The molecule has 4 heteroatoms. The Labute approximate surface area is 135 Å². The summed E-state index contributed by atoms with van der Waals surface area (Å²) in [6, 6.07) is 0. The van der Waals surface area contributed by atoms with Gasteiger partial charge in [-0.1, -0.05) is 0 Å². The third kappa shape index (κ3) is 67.7. The van der Waals surface area contributed by atoms with Crippen molar-refractivity contribution in [3.63, 3.8) is 0 Å². The third-order valence-corrected chi connectivity index (χ3v) is 0.586. The van der Waals surface area contributed by atoms with E-state index in [9.17, 15) is 0 Å². The van der Waals surface area contributed by atoms with Crippen LogP contribution in [0.15, 0.2) is 18.2 Å². The molecule has 0 spiro atoms. The van der Waals surface area contributed by atoms with Crippen LogP contribution in [0.25, 0.3) is 0 Å². The first-order chi connectivity index (χ1) is 3.50. The average Bonchev–Trinajstić information content (AvgIpc) is 2.23. The summed E-state index contributed by atoms with van der Waals surface area (Å²) in [7, 11) is 1.86. The number of hydrogen-bond acceptors (Lipinski definition) is 0. The molecular weight excluding hydrogens is 368 g/mol. The van der Waals surface area contributed by atoms with E-state index in [1.54, 1.807) is 0 Å². The fourth-order valence-electron chi connectivity index (χ4n) is 0.340. The second-order valence-corrected chi connectivity index (χ2v) is 1.00. The Morgan fingerprint density at radius 3 is 1.27 bits per heavy atom. The maximum absolute atomic E-state index is 2.99. The van der Waals surface area contributed by atoms with E-state index in [1.807, 2.05) is 39.0 Å². The molecule has 0 atom stereocenters. The molecule has 0 aromatic carbocycles. The molecule has 1 rings (SSSR count). The quantitative estimate of drug-likeness (QED) is 0.425. The summed E-state index contributed by atoms with van der Waals surface area (Å²) in [6.45, 7) is 0. The van der Waals surface area contributed by atoms with Gasteiger partial charge < -0.3 is 44.6 Å². The maximum atomic E-state index is 2.99. The summed E-state index contributed by atoms with van der Waals surface area (Å²) < 4.78 is 0. The van der Waals surface area contributed by atoms with Gasteiger partial charge in [0.25, 0.3) is 0 Å². The van der Waals surface area contributed by atoms with Crippen molar-refractivity contribution < 1.29 is 19.2 Å². The fourth-order valence-corrected chi connectivity index (χ4v) is 0.340. The van der Waals surface area contributed by atoms with Crippen LogP contribution >= 0.6 is 34.0 Å². The van der Waals surface area contributed by atoms with E-state index >= 15 is 0 Å². The molecular formula is C11H27Br2SiTi-7. The molecule has 0 saturated carbocycles. The summed E-state index contributed by atoms with van der Waals surface area (Å²) in [4.78, 5) is 0. The number of hydrogen-bond donors (Lipinski definition) is 0. The van der Waals surface area contributed by atoms with Gasteiger partial charge in [-0.2, -0.15) is 6.08 Å². The van der Waals surface area contributed by atoms with E-state index in [1.165, 1.54) is 0 Å². The summed E-state index contributed by atoms with van der Waals surface area (Å²) in [5.74, 6) is 0. The SMILES string of the molecule is Br.Br.[C-]1=CC=CC1.[CH3-].[CH3-].[CH3-].[CH3-].[CH3-].[CH3-].[SiH2]=[Ti]. The van der Waals surface area contributed by atoms with Gasteiger partial charge in [0.1, 0.15) is 0 Å². The van der Waals surface area contributed by atoms with Crippen LogP contribution in [0.2, 0.25) is 0 Å². The Morgan fingerprint density at radius 1 is 0.867 bits per heavy atom. The normalized spacial score (nSPS) is 6.07. The predicted octanol–water partition coefficient (Wildman–Crippen LogP) is 4.24. The molecule has 100 valence electrons.